The van der Waals surface area contributed by atoms with E-state index in [0.717, 1.165) is 25.3 Å². The van der Waals surface area contributed by atoms with E-state index in [1.807, 2.05) is 7.05 Å². The van der Waals surface area contributed by atoms with E-state index in [1.165, 1.54) is 18.9 Å². The van der Waals surface area contributed by atoms with E-state index in [2.05, 4.69) is 15.2 Å². The molecule has 1 saturated heterocycles. The Hall–Kier alpha value is -1.69. The summed E-state index contributed by atoms with van der Waals surface area (Å²) in [4.78, 5) is 16.0. The van der Waals surface area contributed by atoms with Crippen molar-refractivity contribution in [2.45, 2.75) is 12.8 Å². The highest BCUT2D eigenvalue weighted by molar-refractivity contribution is 5.45. The molecule has 2 heterocycles. The molecular weight excluding hydrogens is 232 g/mol. The van der Waals surface area contributed by atoms with Crippen molar-refractivity contribution in [2.75, 3.05) is 31.6 Å². The lowest BCUT2D eigenvalue weighted by Crippen LogP contribution is -2.34. The summed E-state index contributed by atoms with van der Waals surface area (Å²) in [5.74, 6) is 0.584. The third kappa shape index (κ3) is 3.16. The van der Waals surface area contributed by atoms with Crippen LogP contribution in [0.2, 0.25) is 0 Å². The lowest BCUT2D eigenvalue weighted by atomic mass is 9.97. The second-order valence-corrected chi connectivity index (χ2v) is 4.71. The average molecular weight is 250 g/mol. The Bertz CT molecular complexity index is 401. The van der Waals surface area contributed by atoms with Crippen molar-refractivity contribution in [1.82, 2.24) is 10.3 Å². The number of pyridine rings is 1. The molecule has 1 aliphatic rings. The number of hydrogen-bond acceptors (Lipinski definition) is 5. The summed E-state index contributed by atoms with van der Waals surface area (Å²) in [7, 11) is 2.00. The van der Waals surface area contributed by atoms with Crippen LogP contribution in [0.4, 0.5) is 11.5 Å². The van der Waals surface area contributed by atoms with Crippen molar-refractivity contribution in [3.63, 3.8) is 0 Å². The Labute approximate surface area is 106 Å². The quantitative estimate of drug-likeness (QED) is 0.646. The van der Waals surface area contributed by atoms with Gasteiger partial charge < -0.3 is 20.3 Å². The molecule has 1 aromatic rings. The average Bonchev–Trinajstić information content (AvgIpc) is 2.40. The van der Waals surface area contributed by atoms with Crippen LogP contribution in [0.15, 0.2) is 18.3 Å². The van der Waals surface area contributed by atoms with E-state index in [9.17, 15) is 10.1 Å². The van der Waals surface area contributed by atoms with Crippen molar-refractivity contribution >= 4 is 11.5 Å². The predicted molar refractivity (Wildman–Crippen MR) is 69.8 cm³/mol. The van der Waals surface area contributed by atoms with Crippen molar-refractivity contribution in [3.8, 4) is 0 Å². The predicted octanol–water partition coefficient (Wildman–Crippen LogP) is 1.43. The molecule has 18 heavy (non-hydrogen) atoms. The van der Waals surface area contributed by atoms with Gasteiger partial charge in [-0.25, -0.2) is 0 Å². The molecule has 0 unspecified atom stereocenters. The van der Waals surface area contributed by atoms with E-state index in [1.54, 1.807) is 12.3 Å². The maximum atomic E-state index is 10.5. The molecule has 0 saturated carbocycles. The van der Waals surface area contributed by atoms with Gasteiger partial charge in [-0.1, -0.05) is 0 Å². The summed E-state index contributed by atoms with van der Waals surface area (Å²) in [6, 6.07) is 3.21. The Kier molecular flexibility index (Phi) is 4.09. The first-order valence-electron chi connectivity index (χ1n) is 6.19. The minimum Gasteiger partial charge on any atom is -0.371 e. The Morgan fingerprint density at radius 3 is 2.78 bits per heavy atom. The molecule has 1 aromatic heterocycles. The topological polar surface area (TPSA) is 71.3 Å². The molecule has 1 N–H and O–H groups in total. The van der Waals surface area contributed by atoms with Gasteiger partial charge in [0.15, 0.2) is 6.20 Å². The van der Waals surface area contributed by atoms with Crippen LogP contribution in [0.1, 0.15) is 12.8 Å². The maximum Gasteiger partial charge on any atom is 0.363 e. The van der Waals surface area contributed by atoms with E-state index in [4.69, 9.17) is 0 Å². The van der Waals surface area contributed by atoms with Gasteiger partial charge in [0.2, 0.25) is 0 Å². The zero-order valence-corrected chi connectivity index (χ0v) is 10.5. The first-order chi connectivity index (χ1) is 8.66. The number of hydrogen-bond donors (Lipinski definition) is 1. The van der Waals surface area contributed by atoms with Crippen LogP contribution in [0, 0.1) is 16.0 Å². The van der Waals surface area contributed by atoms with Crippen LogP contribution < -0.4 is 10.2 Å². The van der Waals surface area contributed by atoms with Gasteiger partial charge in [-0.3, -0.25) is 0 Å². The first-order valence-corrected chi connectivity index (χ1v) is 6.19. The zero-order valence-electron chi connectivity index (χ0n) is 10.5. The van der Waals surface area contributed by atoms with Gasteiger partial charge in [-0.2, -0.15) is 0 Å². The molecule has 0 radical (unpaired) electrons. The molecule has 0 spiro atoms. The Balaban J connectivity index is 1.95. The summed E-state index contributed by atoms with van der Waals surface area (Å²) in [5, 5.41) is 13.9. The van der Waals surface area contributed by atoms with E-state index in [0.29, 0.717) is 5.92 Å². The minimum atomic E-state index is -0.476. The molecule has 98 valence electrons. The largest absolute Gasteiger partial charge is 0.371 e. The van der Waals surface area contributed by atoms with Crippen molar-refractivity contribution in [2.24, 2.45) is 5.92 Å². The normalized spacial score (nSPS) is 16.5. The van der Waals surface area contributed by atoms with Crippen LogP contribution in [-0.4, -0.2) is 36.6 Å². The molecule has 0 aromatic carbocycles. The fraction of sp³-hybridized carbons (Fsp3) is 0.583. The van der Waals surface area contributed by atoms with Gasteiger partial charge in [-0.15, -0.1) is 0 Å². The molecule has 0 amide bonds. The smallest absolute Gasteiger partial charge is 0.363 e. The minimum absolute atomic E-state index is 0.103. The van der Waals surface area contributed by atoms with E-state index >= 15 is 0 Å². The lowest BCUT2D eigenvalue weighted by molar-refractivity contribution is -0.389. The molecule has 2 rings (SSSR count). The van der Waals surface area contributed by atoms with Gasteiger partial charge in [0.25, 0.3) is 0 Å². The number of anilines is 1. The van der Waals surface area contributed by atoms with Crippen LogP contribution in [0.5, 0.6) is 0 Å². The first kappa shape index (κ1) is 12.8. The molecule has 1 fully saturated rings. The van der Waals surface area contributed by atoms with Gasteiger partial charge in [0.1, 0.15) is 0 Å². The van der Waals surface area contributed by atoms with Crippen LogP contribution in [0.3, 0.4) is 0 Å². The number of nitrogens with one attached hydrogen (secondary N) is 1. The van der Waals surface area contributed by atoms with Crippen LogP contribution in [-0.2, 0) is 0 Å². The molecular formula is C12H18N4O2. The molecule has 0 atom stereocenters. The van der Waals surface area contributed by atoms with Crippen LogP contribution >= 0.6 is 0 Å². The van der Waals surface area contributed by atoms with Gasteiger partial charge in [0.05, 0.1) is 5.69 Å². The summed E-state index contributed by atoms with van der Waals surface area (Å²) < 4.78 is 0. The monoisotopic (exact) mass is 250 g/mol. The van der Waals surface area contributed by atoms with E-state index in [-0.39, 0.29) is 5.82 Å². The number of piperidine rings is 1. The number of aromatic nitrogens is 1. The van der Waals surface area contributed by atoms with Gasteiger partial charge in [0, 0.05) is 19.7 Å². The van der Waals surface area contributed by atoms with Gasteiger partial charge >= 0.3 is 5.82 Å². The fourth-order valence-corrected chi connectivity index (χ4v) is 2.27. The van der Waals surface area contributed by atoms with Crippen molar-refractivity contribution in [3.05, 3.63) is 28.4 Å². The summed E-state index contributed by atoms with van der Waals surface area (Å²) in [6.45, 7) is 3.13. The third-order valence-corrected chi connectivity index (χ3v) is 3.35. The standard InChI is InChI=1S/C12H18N4O2/c1-15(9-10-4-6-13-7-5-10)11-2-3-12(14-8-11)16(17)18/h2-3,8,10,13H,4-7,9H2,1H3. The molecule has 6 heteroatoms. The number of nitrogens with zero attached hydrogens (tertiary/aromatic N) is 3. The SMILES string of the molecule is CN(CC1CCNCC1)c1ccc([N+](=O)[O-])nc1. The van der Waals surface area contributed by atoms with Crippen molar-refractivity contribution in [1.29, 1.82) is 0 Å². The summed E-state index contributed by atoms with van der Waals surface area (Å²) in [6.07, 6.45) is 3.94. The van der Waals surface area contributed by atoms with Crippen LogP contribution in [0.25, 0.3) is 0 Å². The molecule has 1 aliphatic heterocycles. The lowest BCUT2D eigenvalue weighted by Gasteiger charge is -2.28. The highest BCUT2D eigenvalue weighted by Crippen LogP contribution is 2.19. The Morgan fingerprint density at radius 1 is 1.50 bits per heavy atom. The number of nitro groups is 1. The summed E-state index contributed by atoms with van der Waals surface area (Å²) in [5.41, 5.74) is 0.930. The van der Waals surface area contributed by atoms with E-state index < -0.39 is 4.92 Å². The molecule has 6 nitrogen and oxygen atoms in total. The second kappa shape index (κ2) is 5.77. The highest BCUT2D eigenvalue weighted by atomic mass is 16.6. The Morgan fingerprint density at radius 2 is 2.22 bits per heavy atom. The zero-order chi connectivity index (χ0) is 13.0. The third-order valence-electron chi connectivity index (χ3n) is 3.35. The number of rotatable bonds is 4. The summed E-state index contributed by atoms with van der Waals surface area (Å²) >= 11 is 0. The second-order valence-electron chi connectivity index (χ2n) is 4.71. The highest BCUT2D eigenvalue weighted by Gasteiger charge is 2.16. The maximum absolute atomic E-state index is 10.5. The van der Waals surface area contributed by atoms with Crippen molar-refractivity contribution < 1.29 is 4.92 Å². The molecule has 0 bridgehead atoms. The van der Waals surface area contributed by atoms with Gasteiger partial charge in [-0.05, 0) is 47.8 Å². The molecule has 0 aliphatic carbocycles. The fourth-order valence-electron chi connectivity index (χ4n) is 2.27.